The molecule has 0 amide bonds. The normalized spacial score (nSPS) is 29.2. The molecule has 2 atom stereocenters. The van der Waals surface area contributed by atoms with Gasteiger partial charge in [-0.1, -0.05) is 20.3 Å². The molecule has 1 aliphatic rings. The van der Waals surface area contributed by atoms with Crippen LogP contribution in [0.15, 0.2) is 0 Å². The van der Waals surface area contributed by atoms with Crippen LogP contribution in [0.5, 0.6) is 0 Å². The minimum absolute atomic E-state index is 0.519. The maximum atomic E-state index is 11.5. The van der Waals surface area contributed by atoms with E-state index in [0.717, 1.165) is 25.8 Å². The zero-order valence-corrected chi connectivity index (χ0v) is 11.8. The molecule has 2 unspecified atom stereocenters. The highest BCUT2D eigenvalue weighted by Crippen LogP contribution is 2.35. The largest absolute Gasteiger partial charge is 0.480 e. The average Bonchev–Trinajstić information content (AvgIpc) is 2.30. The fraction of sp³-hybridized carbons (Fsp3) is 0.923. The first-order valence-electron chi connectivity index (χ1n) is 6.74. The lowest BCUT2D eigenvalue weighted by atomic mass is 9.81. The van der Waals surface area contributed by atoms with Crippen molar-refractivity contribution in [2.24, 2.45) is 0 Å². The molecule has 17 heavy (non-hydrogen) atoms. The van der Waals surface area contributed by atoms with Crippen LogP contribution in [0.4, 0.5) is 0 Å². The first kappa shape index (κ1) is 14.8. The Kier molecular flexibility index (Phi) is 6.34. The molecule has 0 radical (unpaired) electrons. The van der Waals surface area contributed by atoms with Crippen molar-refractivity contribution >= 4 is 17.7 Å². The lowest BCUT2D eigenvalue weighted by Crippen LogP contribution is -2.55. The number of aliphatic carboxylic acids is 1. The van der Waals surface area contributed by atoms with Crippen LogP contribution in [0.1, 0.15) is 52.4 Å². The topological polar surface area (TPSA) is 49.3 Å². The third kappa shape index (κ3) is 4.18. The molecule has 0 aromatic heterocycles. The molecule has 2 N–H and O–H groups in total. The lowest BCUT2D eigenvalue weighted by Gasteiger charge is -2.38. The van der Waals surface area contributed by atoms with Gasteiger partial charge in [0, 0.05) is 5.25 Å². The summed E-state index contributed by atoms with van der Waals surface area (Å²) in [5, 5.41) is 13.2. The number of unbranched alkanes of at least 4 members (excludes halogenated alkanes) is 1. The second kappa shape index (κ2) is 7.27. The Labute approximate surface area is 109 Å². The Morgan fingerprint density at radius 3 is 2.88 bits per heavy atom. The van der Waals surface area contributed by atoms with Crippen molar-refractivity contribution in [3.63, 3.8) is 0 Å². The number of thioether (sulfide) groups is 1. The number of carboxylic acids is 1. The van der Waals surface area contributed by atoms with E-state index in [4.69, 9.17) is 0 Å². The molecule has 0 aromatic carbocycles. The summed E-state index contributed by atoms with van der Waals surface area (Å²) in [6, 6.07) is 0. The van der Waals surface area contributed by atoms with Gasteiger partial charge in [-0.25, -0.2) is 0 Å². The summed E-state index contributed by atoms with van der Waals surface area (Å²) in [7, 11) is 0. The molecule has 4 heteroatoms. The zero-order valence-electron chi connectivity index (χ0n) is 11.0. The first-order valence-corrected chi connectivity index (χ1v) is 7.79. The standard InChI is InChI=1S/C13H25NO2S/c1-3-5-9-17-11-7-6-8-13(10-11,12(15)16)14-4-2/h11,14H,3-10H2,1-2H3,(H,15,16). The van der Waals surface area contributed by atoms with Gasteiger partial charge >= 0.3 is 5.97 Å². The smallest absolute Gasteiger partial charge is 0.323 e. The number of rotatable bonds is 7. The van der Waals surface area contributed by atoms with E-state index in [1.165, 1.54) is 25.0 Å². The van der Waals surface area contributed by atoms with Crippen LogP contribution in [0.25, 0.3) is 0 Å². The van der Waals surface area contributed by atoms with Crippen molar-refractivity contribution in [1.29, 1.82) is 0 Å². The van der Waals surface area contributed by atoms with Crippen LogP contribution < -0.4 is 5.32 Å². The third-order valence-corrected chi connectivity index (χ3v) is 4.88. The van der Waals surface area contributed by atoms with Gasteiger partial charge in [0.25, 0.3) is 0 Å². The van der Waals surface area contributed by atoms with Crippen molar-refractivity contribution in [3.05, 3.63) is 0 Å². The van der Waals surface area contributed by atoms with Crippen molar-refractivity contribution < 1.29 is 9.90 Å². The van der Waals surface area contributed by atoms with Gasteiger partial charge in [-0.2, -0.15) is 11.8 Å². The third-order valence-electron chi connectivity index (χ3n) is 3.48. The summed E-state index contributed by atoms with van der Waals surface area (Å²) in [5.74, 6) is 0.503. The summed E-state index contributed by atoms with van der Waals surface area (Å²) in [4.78, 5) is 11.5. The van der Waals surface area contributed by atoms with Gasteiger partial charge in [-0.3, -0.25) is 4.79 Å². The SMILES string of the molecule is CCCCSC1CCCC(NCC)(C(=O)O)C1. The Hall–Kier alpha value is -0.220. The van der Waals surface area contributed by atoms with Gasteiger partial charge < -0.3 is 10.4 Å². The average molecular weight is 259 g/mol. The second-order valence-electron chi connectivity index (χ2n) is 4.86. The van der Waals surface area contributed by atoms with Gasteiger partial charge in [0.05, 0.1) is 0 Å². The van der Waals surface area contributed by atoms with Gasteiger partial charge in [-0.05, 0) is 44.4 Å². The Morgan fingerprint density at radius 1 is 1.53 bits per heavy atom. The quantitative estimate of drug-likeness (QED) is 0.690. The molecule has 3 nitrogen and oxygen atoms in total. The van der Waals surface area contributed by atoms with Crippen LogP contribution >= 0.6 is 11.8 Å². The highest BCUT2D eigenvalue weighted by atomic mass is 32.2. The number of hydrogen-bond acceptors (Lipinski definition) is 3. The molecule has 0 spiro atoms. The molecule has 100 valence electrons. The molecule has 0 aliphatic heterocycles. The van der Waals surface area contributed by atoms with Crippen molar-refractivity contribution in [3.8, 4) is 0 Å². The van der Waals surface area contributed by atoms with Crippen molar-refractivity contribution in [1.82, 2.24) is 5.32 Å². The van der Waals surface area contributed by atoms with Gasteiger partial charge in [0.2, 0.25) is 0 Å². The summed E-state index contributed by atoms with van der Waals surface area (Å²) in [6.07, 6.45) is 6.23. The summed E-state index contributed by atoms with van der Waals surface area (Å²) in [6.45, 7) is 4.92. The summed E-state index contributed by atoms with van der Waals surface area (Å²) >= 11 is 1.96. The first-order chi connectivity index (χ1) is 8.14. The van der Waals surface area contributed by atoms with Crippen LogP contribution in [0.2, 0.25) is 0 Å². The minimum Gasteiger partial charge on any atom is -0.480 e. The fourth-order valence-corrected chi connectivity index (χ4v) is 4.05. The Morgan fingerprint density at radius 2 is 2.29 bits per heavy atom. The molecular weight excluding hydrogens is 234 g/mol. The van der Waals surface area contributed by atoms with Crippen LogP contribution in [-0.2, 0) is 4.79 Å². The van der Waals surface area contributed by atoms with E-state index in [9.17, 15) is 9.90 Å². The monoisotopic (exact) mass is 259 g/mol. The second-order valence-corrected chi connectivity index (χ2v) is 6.27. The lowest BCUT2D eigenvalue weighted by molar-refractivity contribution is -0.146. The zero-order chi connectivity index (χ0) is 12.7. The molecule has 0 bridgehead atoms. The number of nitrogens with one attached hydrogen (secondary N) is 1. The number of carboxylic acid groups (broad SMARTS) is 1. The van der Waals surface area contributed by atoms with Crippen LogP contribution in [0.3, 0.4) is 0 Å². The van der Waals surface area contributed by atoms with Crippen LogP contribution in [0, 0.1) is 0 Å². The molecule has 1 aliphatic carbocycles. The van der Waals surface area contributed by atoms with E-state index in [-0.39, 0.29) is 0 Å². The van der Waals surface area contributed by atoms with Gasteiger partial charge in [0.1, 0.15) is 5.54 Å². The molecule has 1 rings (SSSR count). The van der Waals surface area contributed by atoms with Gasteiger partial charge in [-0.15, -0.1) is 0 Å². The Balaban J connectivity index is 2.52. The van der Waals surface area contributed by atoms with E-state index < -0.39 is 11.5 Å². The fourth-order valence-electron chi connectivity index (χ4n) is 2.53. The summed E-state index contributed by atoms with van der Waals surface area (Å²) in [5.41, 5.74) is -0.656. The minimum atomic E-state index is -0.667. The highest BCUT2D eigenvalue weighted by Gasteiger charge is 2.42. The maximum absolute atomic E-state index is 11.5. The van der Waals surface area contributed by atoms with Crippen molar-refractivity contribution in [2.75, 3.05) is 12.3 Å². The molecule has 0 heterocycles. The van der Waals surface area contributed by atoms with E-state index in [0.29, 0.717) is 5.25 Å². The molecule has 1 saturated carbocycles. The van der Waals surface area contributed by atoms with Crippen LogP contribution in [-0.4, -0.2) is 34.2 Å². The van der Waals surface area contributed by atoms with E-state index >= 15 is 0 Å². The van der Waals surface area contributed by atoms with Gasteiger partial charge in [0.15, 0.2) is 0 Å². The number of carbonyl (C=O) groups is 1. The number of hydrogen-bond donors (Lipinski definition) is 2. The predicted octanol–water partition coefficient (Wildman–Crippen LogP) is 2.90. The van der Waals surface area contributed by atoms with E-state index in [2.05, 4.69) is 12.2 Å². The predicted molar refractivity (Wildman–Crippen MR) is 73.7 cm³/mol. The highest BCUT2D eigenvalue weighted by molar-refractivity contribution is 7.99. The molecule has 0 saturated heterocycles. The maximum Gasteiger partial charge on any atom is 0.323 e. The Bertz CT molecular complexity index is 244. The van der Waals surface area contributed by atoms with E-state index in [1.807, 2.05) is 18.7 Å². The van der Waals surface area contributed by atoms with E-state index in [1.54, 1.807) is 0 Å². The molecular formula is C13H25NO2S. The summed E-state index contributed by atoms with van der Waals surface area (Å²) < 4.78 is 0. The number of likely N-dealkylation sites (N-methyl/N-ethyl adjacent to an activating group) is 1. The molecule has 0 aromatic rings. The molecule has 1 fully saturated rings. The van der Waals surface area contributed by atoms with Crippen molar-refractivity contribution in [2.45, 2.75) is 63.2 Å².